The highest BCUT2D eigenvalue weighted by atomic mass is 16.5. The van der Waals surface area contributed by atoms with Gasteiger partial charge < -0.3 is 15.0 Å². The fourth-order valence-electron chi connectivity index (χ4n) is 3.30. The third-order valence-electron chi connectivity index (χ3n) is 4.55. The number of rotatable bonds is 5. The van der Waals surface area contributed by atoms with E-state index in [4.69, 9.17) is 4.74 Å². The number of ether oxygens (including phenoxy) is 1. The molecule has 1 saturated heterocycles. The molecule has 1 N–H and O–H groups in total. The summed E-state index contributed by atoms with van der Waals surface area (Å²) in [5.41, 5.74) is 0. The molecule has 0 aromatic rings. The average Bonchev–Trinajstić information content (AvgIpc) is 2.80. The Morgan fingerprint density at radius 3 is 2.82 bits per heavy atom. The number of likely N-dealkylation sites (tertiary alicyclic amines) is 1. The molecule has 1 heterocycles. The largest absolute Gasteiger partial charge is 0.381 e. The number of piperidine rings is 1. The molecule has 0 aromatic carbocycles. The lowest BCUT2D eigenvalue weighted by molar-refractivity contribution is 0.106. The van der Waals surface area contributed by atoms with Crippen LogP contribution in [0.1, 0.15) is 44.9 Å². The van der Waals surface area contributed by atoms with Gasteiger partial charge in [-0.3, -0.25) is 0 Å². The lowest BCUT2D eigenvalue weighted by atomic mass is 10.00. The van der Waals surface area contributed by atoms with E-state index < -0.39 is 0 Å². The molecule has 0 amide bonds. The van der Waals surface area contributed by atoms with Crippen molar-refractivity contribution >= 4 is 0 Å². The third kappa shape index (κ3) is 3.94. The number of nitrogens with one attached hydrogen (secondary N) is 1. The van der Waals surface area contributed by atoms with E-state index in [0.29, 0.717) is 12.1 Å². The quantitative estimate of drug-likeness (QED) is 0.795. The smallest absolute Gasteiger partial charge is 0.0586 e. The molecule has 100 valence electrons. The first-order chi connectivity index (χ1) is 8.29. The fraction of sp³-hybridized carbons (Fsp3) is 1.00. The second-order valence-corrected chi connectivity index (χ2v) is 5.74. The lowest BCUT2D eigenvalue weighted by Gasteiger charge is -2.32. The molecular formula is C14H28N2O. The van der Waals surface area contributed by atoms with Crippen molar-refractivity contribution in [2.24, 2.45) is 0 Å². The van der Waals surface area contributed by atoms with Crippen LogP contribution in [0.3, 0.4) is 0 Å². The van der Waals surface area contributed by atoms with Gasteiger partial charge in [0, 0.05) is 19.2 Å². The molecule has 1 saturated carbocycles. The Labute approximate surface area is 106 Å². The van der Waals surface area contributed by atoms with E-state index >= 15 is 0 Å². The highest BCUT2D eigenvalue weighted by Gasteiger charge is 2.24. The second-order valence-electron chi connectivity index (χ2n) is 5.74. The van der Waals surface area contributed by atoms with Crippen LogP contribution in [-0.4, -0.2) is 50.3 Å². The zero-order valence-electron chi connectivity index (χ0n) is 11.5. The Balaban J connectivity index is 1.59. The molecule has 1 aliphatic heterocycles. The average molecular weight is 240 g/mol. The molecule has 3 heteroatoms. The van der Waals surface area contributed by atoms with Gasteiger partial charge in [-0.15, -0.1) is 0 Å². The first kappa shape index (κ1) is 13.3. The summed E-state index contributed by atoms with van der Waals surface area (Å²) in [6, 6.07) is 1.52. The van der Waals surface area contributed by atoms with Crippen molar-refractivity contribution in [1.82, 2.24) is 10.2 Å². The van der Waals surface area contributed by atoms with Crippen LogP contribution in [0.5, 0.6) is 0 Å². The second kappa shape index (κ2) is 6.72. The van der Waals surface area contributed by atoms with Crippen molar-refractivity contribution in [2.75, 3.05) is 27.2 Å². The maximum absolute atomic E-state index is 5.41. The van der Waals surface area contributed by atoms with Gasteiger partial charge in [0.1, 0.15) is 0 Å². The Bertz CT molecular complexity index is 222. The molecule has 0 radical (unpaired) electrons. The van der Waals surface area contributed by atoms with Crippen molar-refractivity contribution in [3.63, 3.8) is 0 Å². The van der Waals surface area contributed by atoms with E-state index in [0.717, 1.165) is 6.04 Å². The first-order valence-electron chi connectivity index (χ1n) is 7.26. The zero-order chi connectivity index (χ0) is 12.1. The van der Waals surface area contributed by atoms with Crippen LogP contribution in [0.2, 0.25) is 0 Å². The van der Waals surface area contributed by atoms with E-state index in [9.17, 15) is 0 Å². The molecule has 2 rings (SSSR count). The lowest BCUT2D eigenvalue weighted by Crippen LogP contribution is -2.39. The molecule has 2 fully saturated rings. The van der Waals surface area contributed by atoms with Gasteiger partial charge in [0.05, 0.1) is 6.10 Å². The van der Waals surface area contributed by atoms with Crippen LogP contribution >= 0.6 is 0 Å². The zero-order valence-corrected chi connectivity index (χ0v) is 11.5. The van der Waals surface area contributed by atoms with E-state index in [1.807, 2.05) is 7.11 Å². The van der Waals surface area contributed by atoms with E-state index in [2.05, 4.69) is 17.3 Å². The summed E-state index contributed by atoms with van der Waals surface area (Å²) >= 11 is 0. The molecule has 1 aliphatic carbocycles. The van der Waals surface area contributed by atoms with Gasteiger partial charge in [-0.1, -0.05) is 6.42 Å². The summed E-state index contributed by atoms with van der Waals surface area (Å²) in [7, 11) is 4.12. The molecule has 0 aromatic heterocycles. The summed E-state index contributed by atoms with van der Waals surface area (Å²) in [4.78, 5) is 2.54. The van der Waals surface area contributed by atoms with Gasteiger partial charge in [-0.25, -0.2) is 0 Å². The standard InChI is InChI=1S/C14H28N2O/c1-16-10-4-3-5-13(16)8-9-15-12-6-7-14(11-12)17-2/h12-15H,3-11H2,1-2H3. The molecule has 17 heavy (non-hydrogen) atoms. The van der Waals surface area contributed by atoms with Crippen LogP contribution in [0, 0.1) is 0 Å². The normalized spacial score (nSPS) is 35.3. The van der Waals surface area contributed by atoms with Crippen LogP contribution in [0.25, 0.3) is 0 Å². The Morgan fingerprint density at radius 2 is 2.12 bits per heavy atom. The number of hydrogen-bond acceptors (Lipinski definition) is 3. The predicted molar refractivity (Wildman–Crippen MR) is 71.3 cm³/mol. The van der Waals surface area contributed by atoms with Crippen molar-refractivity contribution in [1.29, 1.82) is 0 Å². The summed E-state index contributed by atoms with van der Waals surface area (Å²) in [5.74, 6) is 0. The summed E-state index contributed by atoms with van der Waals surface area (Å²) in [5, 5.41) is 3.71. The van der Waals surface area contributed by atoms with Crippen molar-refractivity contribution in [2.45, 2.75) is 63.1 Å². The van der Waals surface area contributed by atoms with E-state index in [-0.39, 0.29) is 0 Å². The van der Waals surface area contributed by atoms with Crippen LogP contribution in [-0.2, 0) is 4.74 Å². The van der Waals surface area contributed by atoms with Gasteiger partial charge in [-0.05, 0) is 58.7 Å². The SMILES string of the molecule is COC1CCC(NCCC2CCCCN2C)C1. The Hall–Kier alpha value is -0.120. The van der Waals surface area contributed by atoms with Crippen LogP contribution in [0.4, 0.5) is 0 Å². The summed E-state index contributed by atoms with van der Waals surface area (Å²) in [6.07, 6.45) is 9.75. The molecular weight excluding hydrogens is 212 g/mol. The van der Waals surface area contributed by atoms with Gasteiger partial charge in [0.15, 0.2) is 0 Å². The van der Waals surface area contributed by atoms with Gasteiger partial charge >= 0.3 is 0 Å². The maximum atomic E-state index is 5.41. The minimum absolute atomic E-state index is 0.504. The Morgan fingerprint density at radius 1 is 1.24 bits per heavy atom. The van der Waals surface area contributed by atoms with Gasteiger partial charge in [-0.2, -0.15) is 0 Å². The van der Waals surface area contributed by atoms with Crippen LogP contribution < -0.4 is 5.32 Å². The molecule has 3 nitrogen and oxygen atoms in total. The first-order valence-corrected chi connectivity index (χ1v) is 7.26. The minimum atomic E-state index is 0.504. The molecule has 2 aliphatic rings. The highest BCUT2D eigenvalue weighted by Crippen LogP contribution is 2.22. The fourth-order valence-corrected chi connectivity index (χ4v) is 3.30. The summed E-state index contributed by atoms with van der Waals surface area (Å²) < 4.78 is 5.41. The van der Waals surface area contributed by atoms with Crippen molar-refractivity contribution in [3.05, 3.63) is 0 Å². The summed E-state index contributed by atoms with van der Waals surface area (Å²) in [6.45, 7) is 2.47. The highest BCUT2D eigenvalue weighted by molar-refractivity contribution is 4.82. The van der Waals surface area contributed by atoms with Crippen molar-refractivity contribution in [3.8, 4) is 0 Å². The third-order valence-corrected chi connectivity index (χ3v) is 4.55. The van der Waals surface area contributed by atoms with E-state index in [1.54, 1.807) is 0 Å². The van der Waals surface area contributed by atoms with E-state index in [1.165, 1.54) is 58.0 Å². The minimum Gasteiger partial charge on any atom is -0.381 e. The number of methoxy groups -OCH3 is 1. The van der Waals surface area contributed by atoms with Crippen LogP contribution in [0.15, 0.2) is 0 Å². The van der Waals surface area contributed by atoms with Gasteiger partial charge in [0.25, 0.3) is 0 Å². The topological polar surface area (TPSA) is 24.5 Å². The maximum Gasteiger partial charge on any atom is 0.0586 e. The number of nitrogens with zero attached hydrogens (tertiary/aromatic N) is 1. The molecule has 3 unspecified atom stereocenters. The monoisotopic (exact) mass is 240 g/mol. The Kier molecular flexibility index (Phi) is 5.26. The molecule has 0 spiro atoms. The van der Waals surface area contributed by atoms with Gasteiger partial charge in [0.2, 0.25) is 0 Å². The molecule has 3 atom stereocenters. The molecule has 0 bridgehead atoms. The number of hydrogen-bond donors (Lipinski definition) is 1. The van der Waals surface area contributed by atoms with Crippen molar-refractivity contribution < 1.29 is 4.74 Å². The predicted octanol–water partition coefficient (Wildman–Crippen LogP) is 2.02.